The monoisotopic (exact) mass is 198 g/mol. The number of aryl methyl sites for hydroxylation is 1. The Kier molecular flexibility index (Phi) is 3.33. The van der Waals surface area contributed by atoms with Crippen LogP contribution in [0.1, 0.15) is 41.3 Å². The predicted molar refractivity (Wildman–Crippen MR) is 50.8 cm³/mol. The first-order valence-electron chi connectivity index (χ1n) is 4.48. The van der Waals surface area contributed by atoms with Crippen LogP contribution in [0.3, 0.4) is 0 Å². The molecule has 1 aromatic rings. The number of carbonyl (C=O) groups is 1. The minimum atomic E-state index is -2.47. The van der Waals surface area contributed by atoms with E-state index in [4.69, 9.17) is 0 Å². The Morgan fingerprint density at radius 3 is 2.50 bits per heavy atom. The molecule has 0 unspecified atom stereocenters. The first kappa shape index (κ1) is 10.8. The third-order valence-electron chi connectivity index (χ3n) is 2.15. The summed E-state index contributed by atoms with van der Waals surface area (Å²) < 4.78 is 24.7. The molecule has 0 bridgehead atoms. The number of hydrogen-bond acceptors (Lipinski definition) is 1. The van der Waals surface area contributed by atoms with Crippen LogP contribution in [-0.2, 0) is 0 Å². The first-order chi connectivity index (χ1) is 6.56. The van der Waals surface area contributed by atoms with Crippen molar-refractivity contribution in [3.8, 4) is 0 Å². The van der Waals surface area contributed by atoms with Crippen molar-refractivity contribution in [1.29, 1.82) is 0 Å². The van der Waals surface area contributed by atoms with Crippen LogP contribution in [0.2, 0.25) is 0 Å². The highest BCUT2D eigenvalue weighted by Gasteiger charge is 2.12. The Morgan fingerprint density at radius 2 is 2.07 bits per heavy atom. The number of hydrogen-bond donors (Lipinski definition) is 0. The second-order valence-corrected chi connectivity index (χ2v) is 3.15. The van der Waals surface area contributed by atoms with Gasteiger partial charge in [-0.25, -0.2) is 8.78 Å². The standard InChI is InChI=1S/C11H12F2O/c1-3-10(14)8-4-5-9(11(12)13)7(2)6-8/h4-6,11H,3H2,1-2H3. The summed E-state index contributed by atoms with van der Waals surface area (Å²) in [6.45, 7) is 3.34. The topological polar surface area (TPSA) is 17.1 Å². The Labute approximate surface area is 81.7 Å². The van der Waals surface area contributed by atoms with Gasteiger partial charge in [-0.2, -0.15) is 0 Å². The minimum Gasteiger partial charge on any atom is -0.294 e. The van der Waals surface area contributed by atoms with Crippen molar-refractivity contribution in [2.75, 3.05) is 0 Å². The SMILES string of the molecule is CCC(=O)c1ccc(C(F)F)c(C)c1. The summed E-state index contributed by atoms with van der Waals surface area (Å²) in [6, 6.07) is 4.30. The van der Waals surface area contributed by atoms with Gasteiger partial charge in [0.1, 0.15) is 0 Å². The highest BCUT2D eigenvalue weighted by molar-refractivity contribution is 5.96. The first-order valence-corrected chi connectivity index (χ1v) is 4.48. The van der Waals surface area contributed by atoms with Gasteiger partial charge >= 0.3 is 0 Å². The molecule has 0 N–H and O–H groups in total. The summed E-state index contributed by atoms with van der Waals surface area (Å²) in [6.07, 6.45) is -2.08. The van der Waals surface area contributed by atoms with Crippen molar-refractivity contribution in [2.45, 2.75) is 26.7 Å². The molecule has 0 saturated carbocycles. The maximum atomic E-state index is 12.4. The van der Waals surface area contributed by atoms with Gasteiger partial charge in [-0.3, -0.25) is 4.79 Å². The van der Waals surface area contributed by atoms with Crippen molar-refractivity contribution in [3.05, 3.63) is 34.9 Å². The molecule has 0 amide bonds. The van der Waals surface area contributed by atoms with Crippen LogP contribution in [0.5, 0.6) is 0 Å². The molecule has 1 aromatic carbocycles. The molecule has 0 aromatic heterocycles. The summed E-state index contributed by atoms with van der Waals surface area (Å²) in [4.78, 5) is 11.3. The fourth-order valence-corrected chi connectivity index (χ4v) is 1.30. The van der Waals surface area contributed by atoms with E-state index >= 15 is 0 Å². The van der Waals surface area contributed by atoms with Crippen molar-refractivity contribution >= 4 is 5.78 Å². The van der Waals surface area contributed by atoms with Crippen LogP contribution in [0.25, 0.3) is 0 Å². The number of alkyl halides is 2. The summed E-state index contributed by atoms with van der Waals surface area (Å²) in [5, 5.41) is 0. The van der Waals surface area contributed by atoms with Gasteiger partial charge in [-0.15, -0.1) is 0 Å². The van der Waals surface area contributed by atoms with Crippen LogP contribution >= 0.6 is 0 Å². The minimum absolute atomic E-state index is 0.00217. The fraction of sp³-hybridized carbons (Fsp3) is 0.364. The van der Waals surface area contributed by atoms with Gasteiger partial charge in [0.15, 0.2) is 5.78 Å². The average Bonchev–Trinajstić information content (AvgIpc) is 2.15. The van der Waals surface area contributed by atoms with Crippen molar-refractivity contribution < 1.29 is 13.6 Å². The summed E-state index contributed by atoms with van der Waals surface area (Å²) in [7, 11) is 0. The van der Waals surface area contributed by atoms with Crippen LogP contribution in [0.15, 0.2) is 18.2 Å². The third kappa shape index (κ3) is 2.16. The zero-order valence-corrected chi connectivity index (χ0v) is 8.18. The van der Waals surface area contributed by atoms with Gasteiger partial charge in [0.05, 0.1) is 0 Å². The summed E-state index contributed by atoms with van der Waals surface area (Å²) in [5.41, 5.74) is 0.978. The van der Waals surface area contributed by atoms with Gasteiger partial charge in [-0.1, -0.05) is 19.1 Å². The van der Waals surface area contributed by atoms with Crippen LogP contribution in [0.4, 0.5) is 8.78 Å². The zero-order chi connectivity index (χ0) is 10.7. The molecule has 0 spiro atoms. The Bertz CT molecular complexity index is 345. The highest BCUT2D eigenvalue weighted by Crippen LogP contribution is 2.23. The van der Waals surface area contributed by atoms with Crippen molar-refractivity contribution in [2.24, 2.45) is 0 Å². The van der Waals surface area contributed by atoms with Crippen molar-refractivity contribution in [1.82, 2.24) is 0 Å². The van der Waals surface area contributed by atoms with Gasteiger partial charge in [0.25, 0.3) is 6.43 Å². The molecule has 3 heteroatoms. The van der Waals surface area contributed by atoms with Crippen molar-refractivity contribution in [3.63, 3.8) is 0 Å². The maximum absolute atomic E-state index is 12.4. The van der Waals surface area contributed by atoms with E-state index in [9.17, 15) is 13.6 Å². The lowest BCUT2D eigenvalue weighted by atomic mass is 10.0. The third-order valence-corrected chi connectivity index (χ3v) is 2.15. The molecular weight excluding hydrogens is 186 g/mol. The number of halogens is 2. The van der Waals surface area contributed by atoms with Gasteiger partial charge in [0, 0.05) is 17.5 Å². The van der Waals surface area contributed by atoms with E-state index < -0.39 is 6.43 Å². The van der Waals surface area contributed by atoms with E-state index in [0.717, 1.165) is 0 Å². The molecule has 1 nitrogen and oxygen atoms in total. The molecule has 0 radical (unpaired) electrons. The van der Waals surface area contributed by atoms with E-state index in [1.54, 1.807) is 13.8 Å². The zero-order valence-electron chi connectivity index (χ0n) is 8.18. The molecule has 1 rings (SSSR count). The molecule has 0 heterocycles. The molecule has 0 fully saturated rings. The summed E-state index contributed by atoms with van der Waals surface area (Å²) >= 11 is 0. The molecular formula is C11H12F2O. The smallest absolute Gasteiger partial charge is 0.264 e. The Balaban J connectivity index is 3.06. The Morgan fingerprint density at radius 1 is 1.43 bits per heavy atom. The molecule has 0 saturated heterocycles. The largest absolute Gasteiger partial charge is 0.294 e. The second kappa shape index (κ2) is 4.31. The normalized spacial score (nSPS) is 10.6. The van der Waals surface area contributed by atoms with Gasteiger partial charge in [-0.05, 0) is 18.6 Å². The number of carbonyl (C=O) groups excluding carboxylic acids is 1. The predicted octanol–water partition coefficient (Wildman–Crippen LogP) is 3.53. The number of ketones is 1. The number of benzene rings is 1. The second-order valence-electron chi connectivity index (χ2n) is 3.15. The Hall–Kier alpha value is -1.25. The van der Waals surface area contributed by atoms with E-state index in [1.807, 2.05) is 0 Å². The van der Waals surface area contributed by atoms with Crippen LogP contribution in [-0.4, -0.2) is 5.78 Å². The molecule has 0 aliphatic carbocycles. The van der Waals surface area contributed by atoms with Crippen LogP contribution < -0.4 is 0 Å². The quantitative estimate of drug-likeness (QED) is 0.679. The molecule has 76 valence electrons. The molecule has 14 heavy (non-hydrogen) atoms. The van der Waals surface area contributed by atoms with E-state index in [0.29, 0.717) is 17.5 Å². The molecule has 0 aliphatic heterocycles. The van der Waals surface area contributed by atoms with Gasteiger partial charge in [0.2, 0.25) is 0 Å². The van der Waals surface area contributed by atoms with E-state index in [1.165, 1.54) is 18.2 Å². The number of rotatable bonds is 3. The lowest BCUT2D eigenvalue weighted by molar-refractivity contribution is 0.0987. The maximum Gasteiger partial charge on any atom is 0.264 e. The summed E-state index contributed by atoms with van der Waals surface area (Å²) in [5.74, 6) is -0.0195. The lowest BCUT2D eigenvalue weighted by Crippen LogP contribution is -1.99. The highest BCUT2D eigenvalue weighted by atomic mass is 19.3. The van der Waals surface area contributed by atoms with E-state index in [2.05, 4.69) is 0 Å². The van der Waals surface area contributed by atoms with Crippen LogP contribution in [0, 0.1) is 6.92 Å². The number of Topliss-reactive ketones (excluding diaryl/α,β-unsaturated/α-hetero) is 1. The molecule has 0 aliphatic rings. The van der Waals surface area contributed by atoms with E-state index in [-0.39, 0.29) is 11.3 Å². The van der Waals surface area contributed by atoms with Gasteiger partial charge < -0.3 is 0 Å². The average molecular weight is 198 g/mol. The fourth-order valence-electron chi connectivity index (χ4n) is 1.30. The lowest BCUT2D eigenvalue weighted by Gasteiger charge is -2.06. The molecule has 0 atom stereocenters.